The molecule has 268 valence electrons. The summed E-state index contributed by atoms with van der Waals surface area (Å²) in [5.74, 6) is 0.578. The topological polar surface area (TPSA) is 0 Å². The Kier molecular flexibility index (Phi) is 13.3. The number of hydrogen-bond acceptors (Lipinski definition) is 0. The van der Waals surface area contributed by atoms with Crippen LogP contribution in [0.4, 0.5) is 0 Å². The van der Waals surface area contributed by atoms with E-state index in [1.165, 1.54) is 122 Å². The molecule has 0 aliphatic carbocycles. The van der Waals surface area contributed by atoms with Crippen molar-refractivity contribution in [2.24, 2.45) is 0 Å². The summed E-state index contributed by atoms with van der Waals surface area (Å²) in [6.07, 6.45) is 0. The third-order valence-corrected chi connectivity index (χ3v) is 10.1. The molecule has 0 amide bonds. The minimum atomic E-state index is 0. The van der Waals surface area contributed by atoms with Gasteiger partial charge in [0.05, 0.1) is 0 Å². The van der Waals surface area contributed by atoms with Crippen molar-refractivity contribution in [1.29, 1.82) is 0 Å². The molecule has 2 heteroatoms. The molecular weight excluding hydrogens is 744 g/mol. The van der Waals surface area contributed by atoms with Gasteiger partial charge in [0.15, 0.2) is 0 Å². The molecule has 9 aromatic carbocycles. The molecule has 0 spiro atoms. The van der Waals surface area contributed by atoms with E-state index in [1.807, 2.05) is 0 Å². The van der Waals surface area contributed by atoms with E-state index in [1.54, 1.807) is 0 Å². The first kappa shape index (κ1) is 40.6. The third-order valence-electron chi connectivity index (χ3n) is 10.1. The fourth-order valence-corrected chi connectivity index (χ4v) is 7.76. The Morgan fingerprint density at radius 3 is 1.57 bits per heavy atom. The molecule has 0 nitrogen and oxygen atoms in total. The Labute approximate surface area is 339 Å². The standard InChI is InChI=1S/C30H21.C20H21.2CH3.Si.Zr/c1-20-16-23-18-24(27-14-6-10-21-8-2-4-12-25(21)27)19-30(29(23)17-20)28-15-7-11-22-9-3-5-13-26(22)28;1-13(2)17-11-16-6-5-7-19(20(16)12-17)18-9-14(3)8-15(4)10-18;;;;/h2-19H,1H3;5-13H,1-4H3;2*1H3;;/q4*-1;;. The van der Waals surface area contributed by atoms with Crippen molar-refractivity contribution >= 4 is 50.0 Å². The maximum atomic E-state index is 3.06. The molecule has 2 radical (unpaired) electrons. The SMILES string of the molecule is Cc1cc(C)cc(-c2cccc3[cH-]c(C(C)C)cc23)c1.Cc1cc2c(-c3cccc4ccccc34)cc(-c3cccc4ccccc34)cc2[cH-]1.[CH3-].[CH3-].[Si]=[Zr]. The van der Waals surface area contributed by atoms with Gasteiger partial charge in [0.2, 0.25) is 0 Å². The average Bonchev–Trinajstić information content (AvgIpc) is 3.78. The molecule has 0 aliphatic rings. The second kappa shape index (κ2) is 17.7. The Morgan fingerprint density at radius 2 is 0.944 bits per heavy atom. The Morgan fingerprint density at radius 1 is 0.444 bits per heavy atom. The molecule has 0 fully saturated rings. The monoisotopic (exact) mass is 790 g/mol. The van der Waals surface area contributed by atoms with Gasteiger partial charge < -0.3 is 14.9 Å². The molecule has 54 heavy (non-hydrogen) atoms. The van der Waals surface area contributed by atoms with Crippen molar-refractivity contribution in [3.8, 4) is 33.4 Å². The van der Waals surface area contributed by atoms with Crippen molar-refractivity contribution in [1.82, 2.24) is 0 Å². The molecule has 0 heterocycles. The van der Waals surface area contributed by atoms with Gasteiger partial charge in [-0.05, 0) is 58.0 Å². The fourth-order valence-electron chi connectivity index (χ4n) is 7.76. The summed E-state index contributed by atoms with van der Waals surface area (Å²) in [6.45, 7) is 14.1. The van der Waals surface area contributed by atoms with Crippen LogP contribution in [0.15, 0.2) is 158 Å². The van der Waals surface area contributed by atoms with Crippen LogP contribution in [0.25, 0.3) is 76.5 Å². The van der Waals surface area contributed by atoms with Crippen molar-refractivity contribution in [3.63, 3.8) is 0 Å². The van der Waals surface area contributed by atoms with Gasteiger partial charge in [0.25, 0.3) is 0 Å². The molecule has 0 unspecified atom stereocenters. The van der Waals surface area contributed by atoms with Gasteiger partial charge in [-0.1, -0.05) is 164 Å². The van der Waals surface area contributed by atoms with E-state index in [2.05, 4.69) is 199 Å². The molecule has 9 aromatic rings. The second-order valence-corrected chi connectivity index (χ2v) is 14.2. The predicted octanol–water partition coefficient (Wildman–Crippen LogP) is 15.0. The van der Waals surface area contributed by atoms with Gasteiger partial charge in [0.1, 0.15) is 0 Å². The number of rotatable bonds is 4. The molecule has 0 aromatic heterocycles. The Bertz CT molecular complexity index is 2650. The summed E-state index contributed by atoms with van der Waals surface area (Å²) < 4.78 is 0. The van der Waals surface area contributed by atoms with E-state index >= 15 is 0 Å². The summed E-state index contributed by atoms with van der Waals surface area (Å²) in [4.78, 5) is 0. The van der Waals surface area contributed by atoms with Gasteiger partial charge in [-0.15, -0.1) is 63.0 Å². The summed E-state index contributed by atoms with van der Waals surface area (Å²) in [5, 5.41) is 10.5. The second-order valence-electron chi connectivity index (χ2n) is 14.2. The molecule has 0 aliphatic heterocycles. The summed E-state index contributed by atoms with van der Waals surface area (Å²) in [5.41, 5.74) is 13.2. The number of aryl methyl sites for hydroxylation is 3. The number of benzene rings is 7. The van der Waals surface area contributed by atoms with Crippen molar-refractivity contribution < 1.29 is 23.3 Å². The third kappa shape index (κ3) is 8.22. The maximum absolute atomic E-state index is 3.06. The molecule has 0 bridgehead atoms. The van der Waals surface area contributed by atoms with Crippen LogP contribution in [0.1, 0.15) is 42.0 Å². The molecule has 0 atom stereocenters. The molecule has 0 N–H and O–H groups in total. The number of hydrogen-bond donors (Lipinski definition) is 0. The van der Waals surface area contributed by atoms with Gasteiger partial charge >= 0.3 is 30.2 Å². The van der Waals surface area contributed by atoms with Gasteiger partial charge in [0, 0.05) is 0 Å². The summed E-state index contributed by atoms with van der Waals surface area (Å²) in [6, 6.07) is 58.0. The Hall–Kier alpha value is -4.62. The molecular formula is C52H48SiZr-4. The van der Waals surface area contributed by atoms with Crippen LogP contribution in [-0.2, 0) is 23.3 Å². The molecule has 0 saturated heterocycles. The number of fused-ring (bicyclic) bond motifs is 4. The van der Waals surface area contributed by atoms with Gasteiger partial charge in [-0.2, -0.15) is 12.1 Å². The zero-order valence-electron chi connectivity index (χ0n) is 32.6. The fraction of sp³-hybridized carbons (Fsp3) is 0.115. The van der Waals surface area contributed by atoms with Crippen LogP contribution >= 0.6 is 0 Å². The zero-order valence-corrected chi connectivity index (χ0v) is 36.0. The first-order valence-corrected chi connectivity index (χ1v) is 22.2. The van der Waals surface area contributed by atoms with Crippen molar-refractivity contribution in [2.75, 3.05) is 0 Å². The molecule has 0 saturated carbocycles. The van der Waals surface area contributed by atoms with Gasteiger partial charge in [-0.3, -0.25) is 0 Å². The first-order chi connectivity index (χ1) is 25.3. The first-order valence-electron chi connectivity index (χ1n) is 18.0. The zero-order chi connectivity index (χ0) is 36.4. The minimum absolute atomic E-state index is 0. The summed E-state index contributed by atoms with van der Waals surface area (Å²) >= 11 is 1.36. The van der Waals surface area contributed by atoms with Crippen LogP contribution in [0.3, 0.4) is 0 Å². The van der Waals surface area contributed by atoms with Crippen LogP contribution in [0.2, 0.25) is 0 Å². The van der Waals surface area contributed by atoms with Crippen LogP contribution < -0.4 is 0 Å². The van der Waals surface area contributed by atoms with E-state index in [9.17, 15) is 0 Å². The van der Waals surface area contributed by atoms with Crippen LogP contribution in [0.5, 0.6) is 0 Å². The summed E-state index contributed by atoms with van der Waals surface area (Å²) in [7, 11) is 0. The molecule has 9 rings (SSSR count). The predicted molar refractivity (Wildman–Crippen MR) is 237 cm³/mol. The van der Waals surface area contributed by atoms with Gasteiger partial charge in [-0.25, -0.2) is 0 Å². The van der Waals surface area contributed by atoms with E-state index in [0.717, 1.165) is 0 Å². The average molecular weight is 792 g/mol. The quantitative estimate of drug-likeness (QED) is 0.123. The van der Waals surface area contributed by atoms with E-state index in [0.29, 0.717) is 5.92 Å². The van der Waals surface area contributed by atoms with E-state index < -0.39 is 0 Å². The van der Waals surface area contributed by atoms with Crippen molar-refractivity contribution in [3.05, 3.63) is 195 Å². The Balaban J connectivity index is 0.000000205. The van der Waals surface area contributed by atoms with E-state index in [-0.39, 0.29) is 14.9 Å². The van der Waals surface area contributed by atoms with E-state index in [4.69, 9.17) is 0 Å². The van der Waals surface area contributed by atoms with Crippen molar-refractivity contribution in [2.45, 2.75) is 40.5 Å². The van der Waals surface area contributed by atoms with Crippen LogP contribution in [0, 0.1) is 35.6 Å². The normalized spacial score (nSPS) is 10.7. The van der Waals surface area contributed by atoms with Crippen LogP contribution in [-0.4, -0.2) is 6.88 Å².